The summed E-state index contributed by atoms with van der Waals surface area (Å²) in [5, 5.41) is 2.11. The van der Waals surface area contributed by atoms with Gasteiger partial charge in [0.25, 0.3) is 11.8 Å². The van der Waals surface area contributed by atoms with Gasteiger partial charge in [0, 0.05) is 0 Å². The van der Waals surface area contributed by atoms with Gasteiger partial charge in [-0.25, -0.2) is 0 Å². The average molecular weight is 203 g/mol. The molecular formula is C8H7B2NO2S. The van der Waals surface area contributed by atoms with Crippen molar-refractivity contribution in [1.82, 2.24) is 5.32 Å². The summed E-state index contributed by atoms with van der Waals surface area (Å²) in [5.74, 6) is -0.916. The van der Waals surface area contributed by atoms with Gasteiger partial charge >= 0.3 is 0 Å². The van der Waals surface area contributed by atoms with Crippen molar-refractivity contribution in [3.05, 3.63) is 11.1 Å². The lowest BCUT2D eigenvalue weighted by Crippen LogP contribution is -2.24. The molecule has 0 atom stereocenters. The minimum absolute atomic E-state index is 0.225. The maximum atomic E-state index is 11.0. The number of carbonyl (C=O) groups is 2. The van der Waals surface area contributed by atoms with E-state index in [9.17, 15) is 9.59 Å². The van der Waals surface area contributed by atoms with Gasteiger partial charge in [0.2, 0.25) is 0 Å². The molecule has 1 aliphatic heterocycles. The molecule has 1 N–H and O–H groups in total. The fourth-order valence-corrected chi connectivity index (χ4v) is 1.98. The van der Waals surface area contributed by atoms with Crippen LogP contribution < -0.4 is 14.9 Å². The monoisotopic (exact) mass is 203 g/mol. The molecule has 0 fully saturated rings. The summed E-state index contributed by atoms with van der Waals surface area (Å²) in [6.45, 7) is 4.00. The maximum Gasteiger partial charge on any atom is 0.259 e. The minimum atomic E-state index is -0.458. The third kappa shape index (κ3) is 1.50. The first-order valence-electron chi connectivity index (χ1n) is 4.14. The van der Waals surface area contributed by atoms with E-state index in [0.717, 1.165) is 11.3 Å². The first-order valence-corrected chi connectivity index (χ1v) is 4.96. The zero-order valence-corrected chi connectivity index (χ0v) is 8.70. The molecule has 0 aromatic carbocycles. The second-order valence-corrected chi connectivity index (χ2v) is 3.45. The first-order chi connectivity index (χ1) is 6.61. The predicted molar refractivity (Wildman–Crippen MR) is 58.2 cm³/mol. The van der Waals surface area contributed by atoms with Gasteiger partial charge in [-0.3, -0.25) is 14.9 Å². The molecule has 14 heavy (non-hydrogen) atoms. The van der Waals surface area contributed by atoms with Crippen molar-refractivity contribution in [2.75, 3.05) is 0 Å². The summed E-state index contributed by atoms with van der Waals surface area (Å²) in [5.41, 5.74) is 0.449. The first kappa shape index (κ1) is 11.0. The molecule has 0 spiro atoms. The van der Waals surface area contributed by atoms with Crippen LogP contribution in [-0.2, 0) is 0 Å². The summed E-state index contributed by atoms with van der Waals surface area (Å²) in [7, 11) is 10.9. The number of carbonyl (C=O) groups excluding carboxylic acids is 2. The highest BCUT2D eigenvalue weighted by Crippen LogP contribution is 2.13. The van der Waals surface area contributed by atoms with Crippen molar-refractivity contribution in [2.45, 2.75) is 13.8 Å². The zero-order valence-electron chi connectivity index (χ0n) is 7.88. The summed E-state index contributed by atoms with van der Waals surface area (Å²) in [6.07, 6.45) is 0. The lowest BCUT2D eigenvalue weighted by molar-refractivity contribution is 0.0880. The summed E-state index contributed by atoms with van der Waals surface area (Å²) < 4.78 is 0.594. The van der Waals surface area contributed by atoms with E-state index in [1.807, 2.05) is 13.8 Å². The van der Waals surface area contributed by atoms with Gasteiger partial charge in [0.1, 0.15) is 15.7 Å². The molecule has 68 valence electrons. The molecule has 0 bridgehead atoms. The minimum Gasteiger partial charge on any atom is -0.288 e. The number of rotatable bonds is 0. The summed E-state index contributed by atoms with van der Waals surface area (Å²) in [6, 6.07) is 0. The van der Waals surface area contributed by atoms with Gasteiger partial charge in [-0.2, -0.15) is 11.3 Å². The molecule has 3 nitrogen and oxygen atoms in total. The second-order valence-electron chi connectivity index (χ2n) is 2.36. The van der Waals surface area contributed by atoms with Crippen LogP contribution in [0.25, 0.3) is 0 Å². The highest BCUT2D eigenvalue weighted by atomic mass is 32.1. The fraction of sp³-hybridized carbons (Fsp3) is 0.250. The Morgan fingerprint density at radius 2 is 1.36 bits per heavy atom. The van der Waals surface area contributed by atoms with Crippen LogP contribution in [0.1, 0.15) is 34.6 Å². The molecule has 1 aromatic heterocycles. The highest BCUT2D eigenvalue weighted by Gasteiger charge is 2.31. The number of fused-ring (bicyclic) bond motifs is 1. The van der Waals surface area contributed by atoms with Crippen LogP contribution in [0.3, 0.4) is 0 Å². The van der Waals surface area contributed by atoms with Gasteiger partial charge < -0.3 is 0 Å². The fourth-order valence-electron chi connectivity index (χ4n) is 1.15. The number of hydrogen-bond donors (Lipinski definition) is 1. The van der Waals surface area contributed by atoms with E-state index in [0.29, 0.717) is 9.55 Å². The Kier molecular flexibility index (Phi) is 3.16. The van der Waals surface area contributed by atoms with Crippen molar-refractivity contribution in [1.29, 1.82) is 0 Å². The third-order valence-electron chi connectivity index (χ3n) is 1.64. The van der Waals surface area contributed by atoms with Crippen LogP contribution in [-0.4, -0.2) is 27.5 Å². The Bertz CT molecular complexity index is 366. The Morgan fingerprint density at radius 3 is 1.71 bits per heavy atom. The summed E-state index contributed by atoms with van der Waals surface area (Å²) >= 11 is 1.05. The Balaban J connectivity index is 0.000000461. The van der Waals surface area contributed by atoms with Gasteiger partial charge in [-0.1, -0.05) is 13.8 Å². The van der Waals surface area contributed by atoms with Crippen LogP contribution in [0.4, 0.5) is 0 Å². The average Bonchev–Trinajstić information content (AvgIpc) is 2.59. The molecule has 4 radical (unpaired) electrons. The Labute approximate surface area is 88.7 Å². The normalized spacial score (nSPS) is 13.0. The molecule has 2 amide bonds. The topological polar surface area (TPSA) is 46.2 Å². The lowest BCUT2D eigenvalue weighted by atomic mass is 9.95. The van der Waals surface area contributed by atoms with E-state index in [2.05, 4.69) is 5.32 Å². The molecule has 0 saturated carbocycles. The second kappa shape index (κ2) is 4.00. The van der Waals surface area contributed by atoms with Crippen molar-refractivity contribution in [3.63, 3.8) is 0 Å². The van der Waals surface area contributed by atoms with E-state index in [1.165, 1.54) is 0 Å². The van der Waals surface area contributed by atoms with Gasteiger partial charge in [-0.05, 0) is 9.55 Å². The van der Waals surface area contributed by atoms with Crippen molar-refractivity contribution >= 4 is 48.4 Å². The van der Waals surface area contributed by atoms with Crippen molar-refractivity contribution < 1.29 is 9.59 Å². The van der Waals surface area contributed by atoms with E-state index in [1.54, 1.807) is 0 Å². The third-order valence-corrected chi connectivity index (χ3v) is 2.49. The van der Waals surface area contributed by atoms with Crippen LogP contribution in [0, 0.1) is 0 Å². The molecule has 1 aromatic rings. The number of hydrogen-bond acceptors (Lipinski definition) is 3. The Morgan fingerprint density at radius 1 is 1.00 bits per heavy atom. The van der Waals surface area contributed by atoms with Crippen LogP contribution in [0.5, 0.6) is 0 Å². The smallest absolute Gasteiger partial charge is 0.259 e. The van der Waals surface area contributed by atoms with Crippen molar-refractivity contribution in [2.24, 2.45) is 0 Å². The van der Waals surface area contributed by atoms with Gasteiger partial charge in [0.05, 0.1) is 11.1 Å². The standard InChI is InChI=1S/C6HB2NO2S.C2H6/c7-3-1-2(4(8)12-3)6(11)9-5(1)10;1-2/h(H,9,10,11);1-2H3. The predicted octanol–water partition coefficient (Wildman–Crippen LogP) is -0.755. The zero-order chi connectivity index (χ0) is 10.9. The lowest BCUT2D eigenvalue weighted by Gasteiger charge is -1.90. The molecule has 0 aliphatic carbocycles. The van der Waals surface area contributed by atoms with Crippen LogP contribution in [0.2, 0.25) is 0 Å². The number of thiophene rings is 1. The molecule has 2 heterocycles. The number of amides is 2. The van der Waals surface area contributed by atoms with Crippen LogP contribution >= 0.6 is 11.3 Å². The molecule has 2 rings (SSSR count). The van der Waals surface area contributed by atoms with Crippen molar-refractivity contribution in [3.8, 4) is 0 Å². The van der Waals surface area contributed by atoms with E-state index in [4.69, 9.17) is 15.7 Å². The van der Waals surface area contributed by atoms with Gasteiger partial charge in [-0.15, -0.1) is 0 Å². The maximum absolute atomic E-state index is 11.0. The number of nitrogens with one attached hydrogen (secondary N) is 1. The molecule has 0 saturated heterocycles. The van der Waals surface area contributed by atoms with E-state index in [-0.39, 0.29) is 11.1 Å². The molecular weight excluding hydrogens is 196 g/mol. The molecule has 0 unspecified atom stereocenters. The highest BCUT2D eigenvalue weighted by molar-refractivity contribution is 7.27. The molecule has 1 aliphatic rings. The molecule has 6 heteroatoms. The quantitative estimate of drug-likeness (QED) is 0.445. The van der Waals surface area contributed by atoms with E-state index < -0.39 is 11.8 Å². The largest absolute Gasteiger partial charge is 0.288 e. The number of imide groups is 1. The Hall–Kier alpha value is -1.03. The van der Waals surface area contributed by atoms with E-state index >= 15 is 0 Å². The van der Waals surface area contributed by atoms with Gasteiger partial charge in [0.15, 0.2) is 0 Å². The SMILES string of the molecule is CC.[B]c1sc([B])c2c1C(=O)NC2=O. The van der Waals surface area contributed by atoms with Crippen LogP contribution in [0.15, 0.2) is 0 Å². The summed E-state index contributed by atoms with van der Waals surface area (Å²) in [4.78, 5) is 22.1.